The van der Waals surface area contributed by atoms with Crippen molar-refractivity contribution in [1.29, 1.82) is 0 Å². The third-order valence-corrected chi connectivity index (χ3v) is 4.56. The van der Waals surface area contributed by atoms with Gasteiger partial charge in [-0.2, -0.15) is 0 Å². The second-order valence-electron chi connectivity index (χ2n) is 5.48. The van der Waals surface area contributed by atoms with Crippen LogP contribution in [0.15, 0.2) is 24.5 Å². The fraction of sp³-hybridized carbons (Fsp3) is 0.643. The van der Waals surface area contributed by atoms with E-state index in [0.717, 1.165) is 5.92 Å². The summed E-state index contributed by atoms with van der Waals surface area (Å²) in [7, 11) is 0. The van der Waals surface area contributed by atoms with Gasteiger partial charge in [-0.15, -0.1) is 0 Å². The van der Waals surface area contributed by atoms with Crippen molar-refractivity contribution in [3.05, 3.63) is 30.1 Å². The number of hydrogen-bond acceptors (Lipinski definition) is 2. The highest BCUT2D eigenvalue weighted by atomic mass is 14.9. The van der Waals surface area contributed by atoms with Gasteiger partial charge in [0, 0.05) is 18.9 Å². The lowest BCUT2D eigenvalue weighted by atomic mass is 9.68. The van der Waals surface area contributed by atoms with Crippen LogP contribution in [0.25, 0.3) is 0 Å². The molecule has 3 rings (SSSR count). The Hall–Kier alpha value is -0.890. The van der Waals surface area contributed by atoms with E-state index < -0.39 is 0 Å². The van der Waals surface area contributed by atoms with Crippen molar-refractivity contribution in [3.63, 3.8) is 0 Å². The predicted octanol–water partition coefficient (Wildman–Crippen LogP) is 2.72. The fourth-order valence-electron chi connectivity index (χ4n) is 3.42. The molecule has 1 spiro atoms. The van der Waals surface area contributed by atoms with Gasteiger partial charge in [0.05, 0.1) is 0 Å². The maximum absolute atomic E-state index is 4.10. The molecule has 0 unspecified atom stereocenters. The van der Waals surface area contributed by atoms with Crippen molar-refractivity contribution in [2.24, 2.45) is 5.41 Å². The third-order valence-electron chi connectivity index (χ3n) is 4.56. The largest absolute Gasteiger partial charge is 0.316 e. The van der Waals surface area contributed by atoms with E-state index in [1.54, 1.807) is 0 Å². The quantitative estimate of drug-likeness (QED) is 0.780. The average molecular weight is 216 g/mol. The SMILES string of the molecule is c1cc(C2CCC3(CCNC3)CC2)ccn1. The lowest BCUT2D eigenvalue weighted by Crippen LogP contribution is -2.29. The summed E-state index contributed by atoms with van der Waals surface area (Å²) in [5.74, 6) is 0.786. The molecule has 2 nitrogen and oxygen atoms in total. The molecule has 1 aliphatic carbocycles. The minimum atomic E-state index is 0.656. The molecule has 1 saturated heterocycles. The van der Waals surface area contributed by atoms with Crippen LogP contribution in [0.1, 0.15) is 43.6 Å². The maximum Gasteiger partial charge on any atom is 0.0270 e. The van der Waals surface area contributed by atoms with Crippen molar-refractivity contribution in [1.82, 2.24) is 10.3 Å². The van der Waals surface area contributed by atoms with Gasteiger partial charge in [0.2, 0.25) is 0 Å². The van der Waals surface area contributed by atoms with Crippen LogP contribution in [-0.4, -0.2) is 18.1 Å². The summed E-state index contributed by atoms with van der Waals surface area (Å²) in [4.78, 5) is 4.10. The Morgan fingerprint density at radius 3 is 2.50 bits per heavy atom. The zero-order valence-corrected chi connectivity index (χ0v) is 9.78. The molecule has 2 fully saturated rings. The second-order valence-corrected chi connectivity index (χ2v) is 5.48. The minimum Gasteiger partial charge on any atom is -0.316 e. The lowest BCUT2D eigenvalue weighted by Gasteiger charge is -2.36. The van der Waals surface area contributed by atoms with Gasteiger partial charge in [-0.3, -0.25) is 4.98 Å². The van der Waals surface area contributed by atoms with E-state index in [1.807, 2.05) is 12.4 Å². The summed E-state index contributed by atoms with van der Waals surface area (Å²) in [5, 5.41) is 3.53. The number of hydrogen-bond donors (Lipinski definition) is 1. The van der Waals surface area contributed by atoms with Gasteiger partial charge in [0.25, 0.3) is 0 Å². The lowest BCUT2D eigenvalue weighted by molar-refractivity contribution is 0.199. The van der Waals surface area contributed by atoms with Gasteiger partial charge in [-0.25, -0.2) is 0 Å². The van der Waals surface area contributed by atoms with Gasteiger partial charge in [0.15, 0.2) is 0 Å². The molecule has 1 aromatic rings. The number of nitrogens with one attached hydrogen (secondary N) is 1. The normalized spacial score (nSPS) is 34.4. The summed E-state index contributed by atoms with van der Waals surface area (Å²) in [5.41, 5.74) is 2.15. The summed E-state index contributed by atoms with van der Waals surface area (Å²) >= 11 is 0. The molecule has 0 aromatic carbocycles. The van der Waals surface area contributed by atoms with Crippen LogP contribution in [0.4, 0.5) is 0 Å². The first kappa shape index (κ1) is 10.3. The smallest absolute Gasteiger partial charge is 0.0270 e. The molecule has 2 aliphatic rings. The van der Waals surface area contributed by atoms with Crippen molar-refractivity contribution in [3.8, 4) is 0 Å². The van der Waals surface area contributed by atoms with Crippen LogP contribution in [-0.2, 0) is 0 Å². The maximum atomic E-state index is 4.10. The Morgan fingerprint density at radius 1 is 1.12 bits per heavy atom. The molecule has 86 valence electrons. The molecule has 1 aliphatic heterocycles. The highest BCUT2D eigenvalue weighted by Crippen LogP contribution is 2.45. The van der Waals surface area contributed by atoms with E-state index in [4.69, 9.17) is 0 Å². The summed E-state index contributed by atoms with van der Waals surface area (Å²) in [6.45, 7) is 2.50. The highest BCUT2D eigenvalue weighted by molar-refractivity contribution is 5.17. The molecule has 0 bridgehead atoms. The molecule has 1 saturated carbocycles. The van der Waals surface area contributed by atoms with Gasteiger partial charge in [-0.05, 0) is 67.7 Å². The van der Waals surface area contributed by atoms with E-state index in [9.17, 15) is 0 Å². The number of pyridine rings is 1. The van der Waals surface area contributed by atoms with Crippen LogP contribution >= 0.6 is 0 Å². The zero-order chi connectivity index (χ0) is 10.8. The van der Waals surface area contributed by atoms with E-state index in [0.29, 0.717) is 5.41 Å². The molecule has 0 atom stereocenters. The molecular formula is C14H20N2. The minimum absolute atomic E-state index is 0.656. The Balaban J connectivity index is 1.66. The van der Waals surface area contributed by atoms with Crippen LogP contribution in [0, 0.1) is 5.41 Å². The molecule has 0 radical (unpaired) electrons. The molecule has 2 heteroatoms. The Bertz CT molecular complexity index is 331. The Morgan fingerprint density at radius 2 is 1.88 bits per heavy atom. The number of rotatable bonds is 1. The summed E-state index contributed by atoms with van der Waals surface area (Å²) in [6.07, 6.45) is 10.8. The van der Waals surface area contributed by atoms with Gasteiger partial charge < -0.3 is 5.32 Å². The Kier molecular flexibility index (Phi) is 2.68. The fourth-order valence-corrected chi connectivity index (χ4v) is 3.42. The van der Waals surface area contributed by atoms with E-state index >= 15 is 0 Å². The molecule has 1 N–H and O–H groups in total. The summed E-state index contributed by atoms with van der Waals surface area (Å²) < 4.78 is 0. The van der Waals surface area contributed by atoms with Crippen LogP contribution in [0.2, 0.25) is 0 Å². The first-order chi connectivity index (χ1) is 7.88. The summed E-state index contributed by atoms with van der Waals surface area (Å²) in [6, 6.07) is 4.38. The monoisotopic (exact) mass is 216 g/mol. The highest BCUT2D eigenvalue weighted by Gasteiger charge is 2.37. The predicted molar refractivity (Wildman–Crippen MR) is 65.4 cm³/mol. The van der Waals surface area contributed by atoms with Gasteiger partial charge in [0.1, 0.15) is 0 Å². The Labute approximate surface area is 97.5 Å². The average Bonchev–Trinajstić information content (AvgIpc) is 2.80. The molecule has 0 amide bonds. The second kappa shape index (κ2) is 4.17. The zero-order valence-electron chi connectivity index (χ0n) is 9.78. The molecule has 1 aromatic heterocycles. The van der Waals surface area contributed by atoms with Crippen molar-refractivity contribution in [2.75, 3.05) is 13.1 Å². The van der Waals surface area contributed by atoms with Gasteiger partial charge in [-0.1, -0.05) is 0 Å². The van der Waals surface area contributed by atoms with E-state index in [2.05, 4.69) is 22.4 Å². The van der Waals surface area contributed by atoms with Crippen molar-refractivity contribution < 1.29 is 0 Å². The molecule has 16 heavy (non-hydrogen) atoms. The molecular weight excluding hydrogens is 196 g/mol. The van der Waals surface area contributed by atoms with Crippen LogP contribution < -0.4 is 5.32 Å². The van der Waals surface area contributed by atoms with Crippen LogP contribution in [0.3, 0.4) is 0 Å². The standard InChI is InChI=1S/C14H20N2/c1-5-14(7-10-16-11-14)6-2-12(1)13-3-8-15-9-4-13/h3-4,8-9,12,16H,1-2,5-7,10-11H2. The first-order valence-electron chi connectivity index (χ1n) is 6.49. The third kappa shape index (κ3) is 1.86. The van der Waals surface area contributed by atoms with Crippen molar-refractivity contribution in [2.45, 2.75) is 38.0 Å². The van der Waals surface area contributed by atoms with Gasteiger partial charge >= 0.3 is 0 Å². The first-order valence-corrected chi connectivity index (χ1v) is 6.49. The number of nitrogens with zero attached hydrogens (tertiary/aromatic N) is 1. The van der Waals surface area contributed by atoms with E-state index in [-0.39, 0.29) is 0 Å². The van der Waals surface area contributed by atoms with Crippen molar-refractivity contribution >= 4 is 0 Å². The topological polar surface area (TPSA) is 24.9 Å². The van der Waals surface area contributed by atoms with Crippen LogP contribution in [0.5, 0.6) is 0 Å². The van der Waals surface area contributed by atoms with E-state index in [1.165, 1.54) is 50.8 Å². The molecule has 2 heterocycles. The number of aromatic nitrogens is 1.